The first-order valence-corrected chi connectivity index (χ1v) is 4.40. The van der Waals surface area contributed by atoms with Crippen LogP contribution in [0.25, 0.3) is 5.70 Å². The molecule has 1 aromatic rings. The second-order valence-corrected chi connectivity index (χ2v) is 3.03. The van der Waals surface area contributed by atoms with Crippen molar-refractivity contribution in [3.05, 3.63) is 28.4 Å². The van der Waals surface area contributed by atoms with Crippen LogP contribution in [-0.4, -0.2) is 26.6 Å². The third-order valence-electron chi connectivity index (χ3n) is 2.16. The van der Waals surface area contributed by atoms with E-state index in [9.17, 15) is 10.1 Å². The fraction of sp³-hybridized carbons (Fsp3) is 0.286. The summed E-state index contributed by atoms with van der Waals surface area (Å²) in [4.78, 5) is 19.0. The third-order valence-corrected chi connectivity index (χ3v) is 2.16. The highest BCUT2D eigenvalue weighted by atomic mass is 16.7. The van der Waals surface area contributed by atoms with Gasteiger partial charge in [0.05, 0.1) is 7.05 Å². The highest BCUT2D eigenvalue weighted by Gasteiger charge is 2.27. The van der Waals surface area contributed by atoms with Crippen LogP contribution in [0.1, 0.15) is 5.82 Å². The monoisotopic (exact) mass is 226 g/mol. The Morgan fingerprint density at radius 1 is 1.69 bits per heavy atom. The molecule has 1 aromatic heterocycles. The summed E-state index contributed by atoms with van der Waals surface area (Å²) in [6.45, 7) is 0. The van der Waals surface area contributed by atoms with Gasteiger partial charge in [0.1, 0.15) is 12.5 Å². The molecule has 0 saturated heterocycles. The molecule has 0 unspecified atom stereocenters. The number of rotatable bonds is 3. The van der Waals surface area contributed by atoms with Gasteiger partial charge >= 0.3 is 5.82 Å². The Hall–Kier alpha value is -2.13. The molecule has 0 amide bonds. The van der Waals surface area contributed by atoms with Gasteiger partial charge in [0, 0.05) is 7.05 Å². The predicted molar refractivity (Wildman–Crippen MR) is 53.0 cm³/mol. The molecule has 2 N–H and O–H groups in total. The van der Waals surface area contributed by atoms with E-state index in [-0.39, 0.29) is 5.82 Å². The van der Waals surface area contributed by atoms with E-state index in [4.69, 9.17) is 4.84 Å². The van der Waals surface area contributed by atoms with E-state index in [1.54, 1.807) is 14.1 Å². The number of hydrogen-bond donors (Lipinski definition) is 2. The van der Waals surface area contributed by atoms with Gasteiger partial charge in [-0.1, -0.05) is 5.59 Å². The summed E-state index contributed by atoms with van der Waals surface area (Å²) in [7, 11) is 3.24. The summed E-state index contributed by atoms with van der Waals surface area (Å²) in [6.07, 6.45) is 2.60. The molecule has 86 valence electrons. The van der Waals surface area contributed by atoms with Crippen LogP contribution in [0.3, 0.4) is 0 Å². The Morgan fingerprint density at radius 3 is 3.00 bits per heavy atom. The van der Waals surface area contributed by atoms with Crippen LogP contribution < -0.4 is 11.0 Å². The van der Waals surface area contributed by atoms with Crippen molar-refractivity contribution in [3.63, 3.8) is 0 Å². The lowest BCUT2D eigenvalue weighted by molar-refractivity contribution is -0.391. The Morgan fingerprint density at radius 2 is 2.44 bits per heavy atom. The van der Waals surface area contributed by atoms with E-state index in [0.29, 0.717) is 11.5 Å². The van der Waals surface area contributed by atoms with E-state index in [2.05, 4.69) is 16.0 Å². The fourth-order valence-electron chi connectivity index (χ4n) is 1.36. The molecule has 1 aliphatic rings. The summed E-state index contributed by atoms with van der Waals surface area (Å²) in [5, 5.41) is 12.1. The van der Waals surface area contributed by atoms with Gasteiger partial charge in [0.15, 0.2) is 5.70 Å². The van der Waals surface area contributed by atoms with Crippen LogP contribution >= 0.6 is 0 Å². The standard InChI is InChI=1S/C7H10N6O3/c1-8-12-5(4-16-10-12)7-9-3-6(11(7)2)13(14)15/h3-4,8,10H,1-2H3. The molecule has 0 aromatic carbocycles. The second kappa shape index (κ2) is 3.79. The summed E-state index contributed by atoms with van der Waals surface area (Å²) in [6, 6.07) is 0. The first-order valence-electron chi connectivity index (χ1n) is 4.40. The van der Waals surface area contributed by atoms with Crippen LogP contribution in [0.5, 0.6) is 0 Å². The SMILES string of the molecule is CNN1NOC=C1c1ncc([N+](=O)[O-])n1C. The van der Waals surface area contributed by atoms with Crippen LogP contribution in [0.15, 0.2) is 12.5 Å². The molecular weight excluding hydrogens is 216 g/mol. The lowest BCUT2D eigenvalue weighted by atomic mass is 10.4. The quantitative estimate of drug-likeness (QED) is 0.530. The Labute approximate surface area is 90.4 Å². The summed E-state index contributed by atoms with van der Waals surface area (Å²) >= 11 is 0. The molecule has 0 fully saturated rings. The van der Waals surface area contributed by atoms with Crippen molar-refractivity contribution >= 4 is 11.5 Å². The van der Waals surface area contributed by atoms with E-state index >= 15 is 0 Å². The van der Waals surface area contributed by atoms with E-state index in [1.165, 1.54) is 22.1 Å². The van der Waals surface area contributed by atoms with Gasteiger partial charge in [-0.05, 0) is 4.92 Å². The Kier molecular flexibility index (Phi) is 2.46. The molecule has 1 aliphatic heterocycles. The van der Waals surface area contributed by atoms with Crippen molar-refractivity contribution in [2.75, 3.05) is 7.05 Å². The maximum absolute atomic E-state index is 10.7. The molecular formula is C7H10N6O3. The molecule has 0 atom stereocenters. The normalized spacial score (nSPS) is 14.9. The number of hydrogen-bond acceptors (Lipinski definition) is 7. The average molecular weight is 226 g/mol. The molecule has 0 radical (unpaired) electrons. The molecule has 9 nitrogen and oxygen atoms in total. The minimum atomic E-state index is -0.496. The number of aromatic nitrogens is 2. The van der Waals surface area contributed by atoms with Crippen molar-refractivity contribution < 1.29 is 9.76 Å². The molecule has 0 spiro atoms. The van der Waals surface area contributed by atoms with Gasteiger partial charge in [-0.25, -0.2) is 15.0 Å². The lowest BCUT2D eigenvalue weighted by Gasteiger charge is -2.15. The first-order chi connectivity index (χ1) is 7.65. The molecule has 0 aliphatic carbocycles. The second-order valence-electron chi connectivity index (χ2n) is 3.03. The minimum absolute atomic E-state index is 0.0844. The Bertz CT molecular complexity index is 453. The smallest absolute Gasteiger partial charge is 0.342 e. The number of nitrogens with one attached hydrogen (secondary N) is 2. The van der Waals surface area contributed by atoms with Crippen LogP contribution in [0.4, 0.5) is 5.82 Å². The molecule has 0 saturated carbocycles. The largest absolute Gasteiger partial charge is 0.393 e. The number of hydrazine groups is 2. The van der Waals surface area contributed by atoms with Gasteiger partial charge in [-0.15, -0.1) is 0 Å². The van der Waals surface area contributed by atoms with Crippen molar-refractivity contribution in [3.8, 4) is 0 Å². The minimum Gasteiger partial charge on any atom is -0.393 e. The molecule has 2 heterocycles. The van der Waals surface area contributed by atoms with E-state index in [1.807, 2.05) is 0 Å². The maximum Gasteiger partial charge on any atom is 0.342 e. The highest BCUT2D eigenvalue weighted by Crippen LogP contribution is 2.21. The first kappa shape index (κ1) is 10.4. The molecule has 9 heteroatoms. The van der Waals surface area contributed by atoms with Gasteiger partial charge < -0.3 is 15.0 Å². The number of imidazole rings is 1. The summed E-state index contributed by atoms with van der Waals surface area (Å²) < 4.78 is 1.37. The van der Waals surface area contributed by atoms with Crippen molar-refractivity contribution in [2.45, 2.75) is 0 Å². The van der Waals surface area contributed by atoms with Gasteiger partial charge in [-0.2, -0.15) is 5.12 Å². The predicted octanol–water partition coefficient (Wildman–Crippen LogP) is -0.487. The van der Waals surface area contributed by atoms with Crippen molar-refractivity contribution in [1.29, 1.82) is 0 Å². The van der Waals surface area contributed by atoms with Crippen LogP contribution in [0.2, 0.25) is 0 Å². The van der Waals surface area contributed by atoms with Crippen LogP contribution in [-0.2, 0) is 11.9 Å². The molecule has 16 heavy (non-hydrogen) atoms. The summed E-state index contributed by atoms with van der Waals surface area (Å²) in [5.74, 6) is 0.338. The molecule has 2 rings (SSSR count). The zero-order chi connectivity index (χ0) is 11.7. The lowest BCUT2D eigenvalue weighted by Crippen LogP contribution is -2.40. The van der Waals surface area contributed by atoms with Gasteiger partial charge in [-0.3, -0.25) is 0 Å². The fourth-order valence-corrected chi connectivity index (χ4v) is 1.36. The third kappa shape index (κ3) is 1.47. The summed E-state index contributed by atoms with van der Waals surface area (Å²) in [5.41, 5.74) is 5.86. The zero-order valence-electron chi connectivity index (χ0n) is 8.67. The number of nitro groups is 1. The number of nitrogens with zero attached hydrogens (tertiary/aromatic N) is 4. The maximum atomic E-state index is 10.7. The molecule has 0 bridgehead atoms. The zero-order valence-corrected chi connectivity index (χ0v) is 8.67. The van der Waals surface area contributed by atoms with E-state index < -0.39 is 4.92 Å². The van der Waals surface area contributed by atoms with Crippen LogP contribution in [0, 0.1) is 10.1 Å². The van der Waals surface area contributed by atoms with E-state index in [0.717, 1.165) is 0 Å². The Balaban J connectivity index is 2.38. The van der Waals surface area contributed by atoms with Crippen molar-refractivity contribution in [1.82, 2.24) is 25.7 Å². The highest BCUT2D eigenvalue weighted by molar-refractivity contribution is 5.58. The van der Waals surface area contributed by atoms with Crippen molar-refractivity contribution in [2.24, 2.45) is 7.05 Å². The van der Waals surface area contributed by atoms with Gasteiger partial charge in [0.25, 0.3) is 5.82 Å². The van der Waals surface area contributed by atoms with Gasteiger partial charge in [0.2, 0.25) is 0 Å². The average Bonchev–Trinajstić information content (AvgIpc) is 2.82. The topological polar surface area (TPSA) is 97.5 Å².